The van der Waals surface area contributed by atoms with Crippen LogP contribution in [-0.2, 0) is 0 Å². The molecule has 38 heavy (non-hydrogen) atoms. The summed E-state index contributed by atoms with van der Waals surface area (Å²) in [6.45, 7) is 3.76. The molecule has 3 aromatic carbocycles. The van der Waals surface area contributed by atoms with Crippen molar-refractivity contribution in [2.24, 2.45) is 0 Å². The van der Waals surface area contributed by atoms with Gasteiger partial charge in [-0.2, -0.15) is 5.10 Å². The molecule has 0 saturated carbocycles. The molecule has 6 rings (SSSR count). The Morgan fingerprint density at radius 3 is 2.47 bits per heavy atom. The van der Waals surface area contributed by atoms with Gasteiger partial charge in [0.25, 0.3) is 0 Å². The van der Waals surface area contributed by atoms with E-state index in [0.29, 0.717) is 16.7 Å². The lowest BCUT2D eigenvalue weighted by Crippen LogP contribution is -2.17. The Kier molecular flexibility index (Phi) is 5.48. The Hall–Kier alpha value is -4.92. The first-order valence-electron chi connectivity index (χ1n) is 11.9. The molecule has 0 saturated heterocycles. The Morgan fingerprint density at radius 2 is 1.71 bits per heavy atom. The second-order valence-electron chi connectivity index (χ2n) is 9.09. The van der Waals surface area contributed by atoms with Gasteiger partial charge in [-0.25, -0.2) is 23.4 Å². The van der Waals surface area contributed by atoms with Crippen molar-refractivity contribution in [2.75, 3.05) is 5.73 Å². The van der Waals surface area contributed by atoms with Crippen LogP contribution in [-0.4, -0.2) is 19.7 Å². The summed E-state index contributed by atoms with van der Waals surface area (Å²) in [4.78, 5) is 22.3. The van der Waals surface area contributed by atoms with E-state index < -0.39 is 23.1 Å². The number of aryl methyl sites for hydroxylation is 1. The van der Waals surface area contributed by atoms with Gasteiger partial charge in [0.05, 0.1) is 10.9 Å². The smallest absolute Gasteiger partial charge is 0.203 e. The number of rotatable bonds is 4. The number of halogens is 2. The molecule has 1 atom stereocenters. The van der Waals surface area contributed by atoms with Crippen molar-refractivity contribution in [3.63, 3.8) is 0 Å². The molecule has 9 heteroatoms. The predicted molar refractivity (Wildman–Crippen MR) is 142 cm³/mol. The Bertz CT molecular complexity index is 1910. The minimum atomic E-state index is -0.722. The van der Waals surface area contributed by atoms with Crippen LogP contribution in [0.3, 0.4) is 0 Å². The molecule has 0 radical (unpaired) electrons. The van der Waals surface area contributed by atoms with Crippen molar-refractivity contribution in [2.45, 2.75) is 19.9 Å². The summed E-state index contributed by atoms with van der Waals surface area (Å²) in [5, 5.41) is 5.17. The summed E-state index contributed by atoms with van der Waals surface area (Å²) >= 11 is 0. The van der Waals surface area contributed by atoms with Gasteiger partial charge in [0.1, 0.15) is 52.2 Å². The number of hydrogen-bond donors (Lipinski definition) is 1. The minimum absolute atomic E-state index is 0.0390. The topological polar surface area (TPSA) is 99.8 Å². The van der Waals surface area contributed by atoms with Gasteiger partial charge in [-0.3, -0.25) is 4.79 Å². The maximum Gasteiger partial charge on any atom is 0.203 e. The molecule has 0 amide bonds. The van der Waals surface area contributed by atoms with E-state index in [1.807, 2.05) is 31.2 Å². The molecule has 0 fully saturated rings. The number of hydrogen-bond acceptors (Lipinski definition) is 6. The maximum absolute atomic E-state index is 14.8. The van der Waals surface area contributed by atoms with Gasteiger partial charge in [-0.1, -0.05) is 48.0 Å². The van der Waals surface area contributed by atoms with Crippen LogP contribution in [0.25, 0.3) is 44.4 Å². The van der Waals surface area contributed by atoms with Crippen molar-refractivity contribution in [1.29, 1.82) is 0 Å². The lowest BCUT2D eigenvalue weighted by molar-refractivity contribution is 0.445. The van der Waals surface area contributed by atoms with Gasteiger partial charge >= 0.3 is 0 Å². The zero-order valence-corrected chi connectivity index (χ0v) is 20.4. The van der Waals surface area contributed by atoms with Crippen LogP contribution >= 0.6 is 0 Å². The fourth-order valence-corrected chi connectivity index (χ4v) is 4.72. The first-order valence-corrected chi connectivity index (χ1v) is 11.9. The monoisotopic (exact) mass is 509 g/mol. The summed E-state index contributed by atoms with van der Waals surface area (Å²) in [5.74, 6) is -0.840. The second-order valence-corrected chi connectivity index (χ2v) is 9.09. The van der Waals surface area contributed by atoms with Gasteiger partial charge in [-0.15, -0.1) is 0 Å². The second kappa shape index (κ2) is 8.88. The normalized spacial score (nSPS) is 12.3. The zero-order valence-electron chi connectivity index (χ0n) is 20.4. The Balaban J connectivity index is 1.65. The highest BCUT2D eigenvalue weighted by Gasteiger charge is 2.27. The maximum atomic E-state index is 14.8. The summed E-state index contributed by atoms with van der Waals surface area (Å²) < 4.78 is 36.8. The number of benzene rings is 3. The van der Waals surface area contributed by atoms with Gasteiger partial charge in [0.15, 0.2) is 5.65 Å². The standard InChI is InChI=1S/C29H21F2N5O2/c1-15-9-11-17(12-10-15)25-24-28(32)33-14-34-29(24)36(35-25)16(2)27-22(18-5-3-6-19(30)13-18)26(37)23-20(31)7-4-8-21(23)38-27/h3-14,16H,1-2H3,(H2,32,33,34). The molecule has 0 aliphatic carbocycles. The van der Waals surface area contributed by atoms with E-state index in [9.17, 15) is 13.6 Å². The molecule has 0 aliphatic rings. The van der Waals surface area contributed by atoms with Crippen LogP contribution in [0.2, 0.25) is 0 Å². The van der Waals surface area contributed by atoms with E-state index in [-0.39, 0.29) is 33.7 Å². The molecule has 0 aliphatic heterocycles. The number of nitrogens with zero attached hydrogens (tertiary/aromatic N) is 4. The van der Waals surface area contributed by atoms with Crippen molar-refractivity contribution in [3.05, 3.63) is 106 Å². The minimum Gasteiger partial charge on any atom is -0.458 e. The molecule has 7 nitrogen and oxygen atoms in total. The number of aromatic nitrogens is 4. The highest BCUT2D eigenvalue weighted by atomic mass is 19.1. The summed E-state index contributed by atoms with van der Waals surface area (Å²) in [5.41, 5.74) is 8.90. The quantitative estimate of drug-likeness (QED) is 0.311. The average Bonchev–Trinajstić information content (AvgIpc) is 3.29. The van der Waals surface area contributed by atoms with E-state index in [4.69, 9.17) is 15.2 Å². The van der Waals surface area contributed by atoms with Crippen LogP contribution in [0.1, 0.15) is 24.3 Å². The fraction of sp³-hybridized carbons (Fsp3) is 0.103. The molecule has 0 spiro atoms. The molecule has 2 N–H and O–H groups in total. The SMILES string of the molecule is Cc1ccc(-c2nn(C(C)c3oc4cccc(F)c4c(=O)c3-c3cccc(F)c3)c3ncnc(N)c23)cc1. The van der Waals surface area contributed by atoms with Crippen LogP contribution in [0.15, 0.2) is 82.3 Å². The molecule has 3 aromatic heterocycles. The Morgan fingerprint density at radius 1 is 0.947 bits per heavy atom. The lowest BCUT2D eigenvalue weighted by atomic mass is 9.99. The van der Waals surface area contributed by atoms with Crippen LogP contribution in [0.4, 0.5) is 14.6 Å². The van der Waals surface area contributed by atoms with Gasteiger partial charge in [0, 0.05) is 5.56 Å². The van der Waals surface area contributed by atoms with Crippen molar-refractivity contribution < 1.29 is 13.2 Å². The molecular formula is C29H21F2N5O2. The van der Waals surface area contributed by atoms with Gasteiger partial charge in [-0.05, 0) is 43.7 Å². The molecule has 1 unspecified atom stereocenters. The average molecular weight is 510 g/mol. The number of fused-ring (bicyclic) bond motifs is 2. The van der Waals surface area contributed by atoms with E-state index in [2.05, 4.69) is 9.97 Å². The molecule has 0 bridgehead atoms. The summed E-state index contributed by atoms with van der Waals surface area (Å²) in [6, 6.07) is 16.8. The predicted octanol–water partition coefficient (Wildman–Crippen LogP) is 6.04. The highest BCUT2D eigenvalue weighted by molar-refractivity contribution is 5.98. The Labute approximate surface area is 215 Å². The van der Waals surface area contributed by atoms with Crippen molar-refractivity contribution in [3.8, 4) is 22.4 Å². The number of anilines is 1. The number of nitrogens with two attached hydrogens (primary N) is 1. The third kappa shape index (κ3) is 3.71. The van der Waals surface area contributed by atoms with Crippen LogP contribution in [0, 0.1) is 18.6 Å². The highest BCUT2D eigenvalue weighted by Crippen LogP contribution is 2.36. The van der Waals surface area contributed by atoms with E-state index in [1.165, 1.54) is 42.7 Å². The molecule has 3 heterocycles. The third-order valence-corrected chi connectivity index (χ3v) is 6.60. The lowest BCUT2D eigenvalue weighted by Gasteiger charge is -2.17. The molecule has 6 aromatic rings. The van der Waals surface area contributed by atoms with Crippen molar-refractivity contribution in [1.82, 2.24) is 19.7 Å². The van der Waals surface area contributed by atoms with Gasteiger partial charge < -0.3 is 10.2 Å². The first-order chi connectivity index (χ1) is 18.3. The largest absolute Gasteiger partial charge is 0.458 e. The molecule has 188 valence electrons. The zero-order chi connectivity index (χ0) is 26.6. The third-order valence-electron chi connectivity index (χ3n) is 6.60. The molecular weight excluding hydrogens is 488 g/mol. The van der Waals surface area contributed by atoms with Crippen LogP contribution < -0.4 is 11.2 Å². The first kappa shape index (κ1) is 23.5. The van der Waals surface area contributed by atoms with E-state index in [0.717, 1.165) is 11.1 Å². The summed E-state index contributed by atoms with van der Waals surface area (Å²) in [7, 11) is 0. The van der Waals surface area contributed by atoms with Crippen LogP contribution in [0.5, 0.6) is 0 Å². The van der Waals surface area contributed by atoms with E-state index >= 15 is 0 Å². The van der Waals surface area contributed by atoms with Gasteiger partial charge in [0.2, 0.25) is 5.43 Å². The van der Waals surface area contributed by atoms with E-state index in [1.54, 1.807) is 17.7 Å². The fourth-order valence-electron chi connectivity index (χ4n) is 4.72. The van der Waals surface area contributed by atoms with Crippen molar-refractivity contribution >= 4 is 27.8 Å². The summed E-state index contributed by atoms with van der Waals surface area (Å²) in [6.07, 6.45) is 1.33. The number of nitrogen functional groups attached to an aromatic ring is 1.